The number of nitrogen functional groups attached to an aromatic ring is 1. The number of carbonyl (C=O) groups is 1. The highest BCUT2D eigenvalue weighted by molar-refractivity contribution is 9.10. The molecular formula is C14H12BrClN2O. The second-order valence-electron chi connectivity index (χ2n) is 4.10. The van der Waals surface area contributed by atoms with E-state index in [1.807, 2.05) is 6.92 Å². The van der Waals surface area contributed by atoms with Gasteiger partial charge in [0, 0.05) is 15.8 Å². The van der Waals surface area contributed by atoms with E-state index >= 15 is 0 Å². The van der Waals surface area contributed by atoms with Gasteiger partial charge in [0.05, 0.1) is 10.6 Å². The van der Waals surface area contributed by atoms with Gasteiger partial charge in [-0.2, -0.15) is 0 Å². The Morgan fingerprint density at radius 2 is 2.05 bits per heavy atom. The minimum atomic E-state index is -0.264. The molecule has 0 radical (unpaired) electrons. The van der Waals surface area contributed by atoms with Crippen molar-refractivity contribution in [3.63, 3.8) is 0 Å². The van der Waals surface area contributed by atoms with E-state index in [4.69, 9.17) is 17.3 Å². The van der Waals surface area contributed by atoms with Crippen LogP contribution in [0.5, 0.6) is 0 Å². The van der Waals surface area contributed by atoms with Gasteiger partial charge < -0.3 is 11.1 Å². The predicted octanol–water partition coefficient (Wildman–Crippen LogP) is 4.25. The van der Waals surface area contributed by atoms with Crippen molar-refractivity contribution in [2.45, 2.75) is 6.92 Å². The van der Waals surface area contributed by atoms with Crippen LogP contribution in [0.2, 0.25) is 5.02 Å². The van der Waals surface area contributed by atoms with Gasteiger partial charge in [0.2, 0.25) is 0 Å². The molecular weight excluding hydrogens is 328 g/mol. The summed E-state index contributed by atoms with van der Waals surface area (Å²) in [5, 5.41) is 3.22. The zero-order chi connectivity index (χ0) is 14.0. The van der Waals surface area contributed by atoms with Crippen LogP contribution in [0.1, 0.15) is 15.9 Å². The Morgan fingerprint density at radius 3 is 2.79 bits per heavy atom. The van der Waals surface area contributed by atoms with Crippen LogP contribution in [0.3, 0.4) is 0 Å². The fourth-order valence-corrected chi connectivity index (χ4v) is 2.21. The summed E-state index contributed by atoms with van der Waals surface area (Å²) in [5.74, 6) is -0.264. The zero-order valence-corrected chi connectivity index (χ0v) is 12.5. The maximum atomic E-state index is 12.2. The standard InChI is InChI=1S/C14H12BrClN2O/c1-8-12(17)3-2-4-13(8)18-14(19)10-7-9(15)5-6-11(10)16/h2-7H,17H2,1H3,(H,18,19). The van der Waals surface area contributed by atoms with Gasteiger partial charge in [-0.05, 0) is 42.8 Å². The molecule has 0 saturated carbocycles. The first-order valence-corrected chi connectivity index (χ1v) is 6.77. The molecule has 0 aliphatic heterocycles. The Labute approximate surface area is 124 Å². The number of nitrogens with two attached hydrogens (primary N) is 1. The highest BCUT2D eigenvalue weighted by Gasteiger charge is 2.12. The molecule has 0 saturated heterocycles. The van der Waals surface area contributed by atoms with E-state index in [-0.39, 0.29) is 5.91 Å². The smallest absolute Gasteiger partial charge is 0.257 e. The van der Waals surface area contributed by atoms with Crippen molar-refractivity contribution in [2.24, 2.45) is 0 Å². The van der Waals surface area contributed by atoms with Gasteiger partial charge in [-0.3, -0.25) is 4.79 Å². The van der Waals surface area contributed by atoms with Crippen molar-refractivity contribution in [2.75, 3.05) is 11.1 Å². The summed E-state index contributed by atoms with van der Waals surface area (Å²) >= 11 is 9.34. The summed E-state index contributed by atoms with van der Waals surface area (Å²) in [7, 11) is 0. The number of hydrogen-bond acceptors (Lipinski definition) is 2. The van der Waals surface area contributed by atoms with Gasteiger partial charge in [0.25, 0.3) is 5.91 Å². The normalized spacial score (nSPS) is 10.3. The van der Waals surface area contributed by atoms with E-state index in [2.05, 4.69) is 21.2 Å². The molecule has 0 spiro atoms. The third-order valence-electron chi connectivity index (χ3n) is 2.80. The van der Waals surface area contributed by atoms with E-state index in [0.29, 0.717) is 22.0 Å². The van der Waals surface area contributed by atoms with Crippen molar-refractivity contribution in [3.05, 3.63) is 57.0 Å². The molecule has 3 N–H and O–H groups in total. The number of hydrogen-bond donors (Lipinski definition) is 2. The molecule has 0 atom stereocenters. The number of carbonyl (C=O) groups excluding carboxylic acids is 1. The fraction of sp³-hybridized carbons (Fsp3) is 0.0714. The first-order chi connectivity index (χ1) is 8.99. The molecule has 0 unspecified atom stereocenters. The van der Waals surface area contributed by atoms with Crippen molar-refractivity contribution < 1.29 is 4.79 Å². The van der Waals surface area contributed by atoms with Gasteiger partial charge in [-0.15, -0.1) is 0 Å². The van der Waals surface area contributed by atoms with Crippen LogP contribution >= 0.6 is 27.5 Å². The third-order valence-corrected chi connectivity index (χ3v) is 3.62. The molecule has 0 bridgehead atoms. The third kappa shape index (κ3) is 3.08. The van der Waals surface area contributed by atoms with Crippen LogP contribution in [0.15, 0.2) is 40.9 Å². The van der Waals surface area contributed by atoms with Crippen LogP contribution in [0, 0.1) is 6.92 Å². The van der Waals surface area contributed by atoms with Crippen LogP contribution in [0.25, 0.3) is 0 Å². The lowest BCUT2D eigenvalue weighted by Gasteiger charge is -2.11. The van der Waals surface area contributed by atoms with Gasteiger partial charge in [0.15, 0.2) is 0 Å². The van der Waals surface area contributed by atoms with E-state index in [1.165, 1.54) is 0 Å². The van der Waals surface area contributed by atoms with Gasteiger partial charge >= 0.3 is 0 Å². The summed E-state index contributed by atoms with van der Waals surface area (Å²) in [6, 6.07) is 10.5. The lowest BCUT2D eigenvalue weighted by Crippen LogP contribution is -2.13. The Balaban J connectivity index is 2.31. The molecule has 2 rings (SSSR count). The van der Waals surface area contributed by atoms with Gasteiger partial charge in [-0.1, -0.05) is 33.6 Å². The van der Waals surface area contributed by atoms with E-state index < -0.39 is 0 Å². The van der Waals surface area contributed by atoms with Crippen LogP contribution in [-0.4, -0.2) is 5.91 Å². The summed E-state index contributed by atoms with van der Waals surface area (Å²) in [6.45, 7) is 1.85. The van der Waals surface area contributed by atoms with Gasteiger partial charge in [-0.25, -0.2) is 0 Å². The predicted molar refractivity (Wildman–Crippen MR) is 82.7 cm³/mol. The Morgan fingerprint density at radius 1 is 1.32 bits per heavy atom. The molecule has 0 fully saturated rings. The lowest BCUT2D eigenvalue weighted by molar-refractivity contribution is 0.102. The van der Waals surface area contributed by atoms with Crippen molar-refractivity contribution >= 4 is 44.8 Å². The minimum Gasteiger partial charge on any atom is -0.398 e. The quantitative estimate of drug-likeness (QED) is 0.804. The highest BCUT2D eigenvalue weighted by Crippen LogP contribution is 2.24. The second kappa shape index (κ2) is 5.63. The topological polar surface area (TPSA) is 55.1 Å². The molecule has 0 aromatic heterocycles. The van der Waals surface area contributed by atoms with Crippen LogP contribution < -0.4 is 11.1 Å². The second-order valence-corrected chi connectivity index (χ2v) is 5.42. The van der Waals surface area contributed by atoms with Crippen LogP contribution in [-0.2, 0) is 0 Å². The molecule has 1 amide bonds. The molecule has 2 aromatic carbocycles. The van der Waals surface area contributed by atoms with E-state index in [9.17, 15) is 4.79 Å². The first-order valence-electron chi connectivity index (χ1n) is 5.60. The summed E-state index contributed by atoms with van der Waals surface area (Å²) in [5.41, 5.74) is 8.37. The largest absolute Gasteiger partial charge is 0.398 e. The molecule has 0 aliphatic rings. The van der Waals surface area contributed by atoms with E-state index in [0.717, 1.165) is 10.0 Å². The number of anilines is 2. The zero-order valence-electron chi connectivity index (χ0n) is 10.2. The number of rotatable bonds is 2. The maximum absolute atomic E-state index is 12.2. The number of amides is 1. The number of nitrogens with one attached hydrogen (secondary N) is 1. The Hall–Kier alpha value is -1.52. The van der Waals surface area contributed by atoms with Crippen molar-refractivity contribution in [1.82, 2.24) is 0 Å². The van der Waals surface area contributed by atoms with Crippen molar-refractivity contribution in [3.8, 4) is 0 Å². The molecule has 0 heterocycles. The fourth-order valence-electron chi connectivity index (χ4n) is 1.65. The van der Waals surface area contributed by atoms with Crippen molar-refractivity contribution in [1.29, 1.82) is 0 Å². The molecule has 98 valence electrons. The highest BCUT2D eigenvalue weighted by atomic mass is 79.9. The average molecular weight is 340 g/mol. The Kier molecular flexibility index (Phi) is 4.12. The van der Waals surface area contributed by atoms with E-state index in [1.54, 1.807) is 36.4 Å². The lowest BCUT2D eigenvalue weighted by atomic mass is 10.1. The summed E-state index contributed by atoms with van der Waals surface area (Å²) < 4.78 is 0.798. The molecule has 5 heteroatoms. The molecule has 19 heavy (non-hydrogen) atoms. The molecule has 3 nitrogen and oxygen atoms in total. The minimum absolute atomic E-state index is 0.264. The monoisotopic (exact) mass is 338 g/mol. The summed E-state index contributed by atoms with van der Waals surface area (Å²) in [6.07, 6.45) is 0. The maximum Gasteiger partial charge on any atom is 0.257 e. The number of halogens is 2. The average Bonchev–Trinajstić information content (AvgIpc) is 2.38. The summed E-state index contributed by atoms with van der Waals surface area (Å²) in [4.78, 5) is 12.2. The molecule has 2 aromatic rings. The first kappa shape index (κ1) is 13.9. The SMILES string of the molecule is Cc1c(N)cccc1NC(=O)c1cc(Br)ccc1Cl. The van der Waals surface area contributed by atoms with Crippen LogP contribution in [0.4, 0.5) is 11.4 Å². The number of benzene rings is 2. The Bertz CT molecular complexity index is 643. The molecule has 0 aliphatic carbocycles. The van der Waals surface area contributed by atoms with Gasteiger partial charge in [0.1, 0.15) is 0 Å².